The van der Waals surface area contributed by atoms with Gasteiger partial charge in [-0.25, -0.2) is 4.79 Å². The van der Waals surface area contributed by atoms with Crippen molar-refractivity contribution in [3.8, 4) is 0 Å². The number of ether oxygens (including phenoxy) is 1. The summed E-state index contributed by atoms with van der Waals surface area (Å²) in [4.78, 5) is 18.8. The zero-order valence-corrected chi connectivity index (χ0v) is 15.8. The molecule has 2 atom stereocenters. The summed E-state index contributed by atoms with van der Waals surface area (Å²) in [5.41, 5.74) is 2.17. The Morgan fingerprint density at radius 3 is 3.00 bits per heavy atom. The fourth-order valence-corrected chi connectivity index (χ4v) is 3.84. The first-order chi connectivity index (χ1) is 11.9. The van der Waals surface area contributed by atoms with E-state index in [0.29, 0.717) is 12.0 Å². The number of pyridine rings is 1. The van der Waals surface area contributed by atoms with Gasteiger partial charge in [0, 0.05) is 31.9 Å². The predicted octanol–water partition coefficient (Wildman–Crippen LogP) is 3.70. The topological polar surface area (TPSA) is 54.5 Å². The zero-order chi connectivity index (χ0) is 17.9. The first-order valence-corrected chi connectivity index (χ1v) is 9.57. The van der Waals surface area contributed by atoms with Gasteiger partial charge in [0.1, 0.15) is 5.60 Å². The molecule has 0 spiro atoms. The second kappa shape index (κ2) is 7.73. The van der Waals surface area contributed by atoms with E-state index < -0.39 is 5.60 Å². The Morgan fingerprint density at radius 1 is 1.36 bits per heavy atom. The average molecular weight is 345 g/mol. The summed E-state index contributed by atoms with van der Waals surface area (Å²) in [5, 5.41) is 3.71. The van der Waals surface area contributed by atoms with E-state index in [2.05, 4.69) is 16.4 Å². The molecule has 2 heterocycles. The summed E-state index contributed by atoms with van der Waals surface area (Å²) in [6, 6.07) is 4.57. The lowest BCUT2D eigenvalue weighted by molar-refractivity contribution is 0.0165. The van der Waals surface area contributed by atoms with E-state index in [1.54, 1.807) is 0 Å². The van der Waals surface area contributed by atoms with Gasteiger partial charge in [-0.2, -0.15) is 0 Å². The van der Waals surface area contributed by atoms with Crippen LogP contribution >= 0.6 is 0 Å². The van der Waals surface area contributed by atoms with Crippen molar-refractivity contribution in [2.45, 2.75) is 64.5 Å². The van der Waals surface area contributed by atoms with Crippen molar-refractivity contribution in [3.63, 3.8) is 0 Å². The molecule has 0 bridgehead atoms. The van der Waals surface area contributed by atoms with Gasteiger partial charge in [0.05, 0.1) is 5.69 Å². The third-order valence-corrected chi connectivity index (χ3v) is 5.02. The molecule has 1 aromatic rings. The molecule has 5 heteroatoms. The SMILES string of the molecule is CC(C)(C)OC(=O)N1CCCC(CNC2CCCc3cccnc32)C1. The molecule has 2 unspecified atom stereocenters. The highest BCUT2D eigenvalue weighted by Crippen LogP contribution is 2.28. The minimum atomic E-state index is -0.431. The first kappa shape index (κ1) is 18.2. The highest BCUT2D eigenvalue weighted by Gasteiger charge is 2.28. The van der Waals surface area contributed by atoms with E-state index in [1.165, 1.54) is 17.7 Å². The number of nitrogens with zero attached hydrogens (tertiary/aromatic N) is 2. The van der Waals surface area contributed by atoms with Gasteiger partial charge in [-0.15, -0.1) is 0 Å². The van der Waals surface area contributed by atoms with Crippen LogP contribution in [0.25, 0.3) is 0 Å². The van der Waals surface area contributed by atoms with Crippen LogP contribution < -0.4 is 5.32 Å². The molecule has 1 saturated heterocycles. The number of aryl methyl sites for hydroxylation is 1. The van der Waals surface area contributed by atoms with Crippen molar-refractivity contribution < 1.29 is 9.53 Å². The minimum Gasteiger partial charge on any atom is -0.444 e. The largest absolute Gasteiger partial charge is 0.444 e. The number of fused-ring (bicyclic) bond motifs is 1. The van der Waals surface area contributed by atoms with E-state index in [0.717, 1.165) is 45.3 Å². The standard InChI is InChI=1S/C20H31N3O2/c1-20(2,3)25-19(24)23-12-6-7-15(14-23)13-22-17-10-4-8-16-9-5-11-21-18(16)17/h5,9,11,15,17,22H,4,6-8,10,12-14H2,1-3H3. The minimum absolute atomic E-state index is 0.179. The Morgan fingerprint density at radius 2 is 2.20 bits per heavy atom. The smallest absolute Gasteiger partial charge is 0.410 e. The quantitative estimate of drug-likeness (QED) is 0.908. The van der Waals surface area contributed by atoms with Crippen LogP contribution in [0.5, 0.6) is 0 Å². The number of aromatic nitrogens is 1. The third-order valence-electron chi connectivity index (χ3n) is 5.02. The number of rotatable bonds is 3. The van der Waals surface area contributed by atoms with Crippen LogP contribution in [0.1, 0.15) is 63.8 Å². The number of amides is 1. The highest BCUT2D eigenvalue weighted by atomic mass is 16.6. The van der Waals surface area contributed by atoms with Crippen molar-refractivity contribution in [2.75, 3.05) is 19.6 Å². The normalized spacial score (nSPS) is 23.9. The molecule has 1 N–H and O–H groups in total. The van der Waals surface area contributed by atoms with Crippen molar-refractivity contribution in [1.29, 1.82) is 0 Å². The molecule has 25 heavy (non-hydrogen) atoms. The molecular formula is C20H31N3O2. The second-order valence-corrected chi connectivity index (χ2v) is 8.34. The van der Waals surface area contributed by atoms with Crippen LogP contribution in [0.15, 0.2) is 18.3 Å². The van der Waals surface area contributed by atoms with Crippen LogP contribution in [0.2, 0.25) is 0 Å². The highest BCUT2D eigenvalue weighted by molar-refractivity contribution is 5.68. The maximum absolute atomic E-state index is 12.3. The summed E-state index contributed by atoms with van der Waals surface area (Å²) in [6.45, 7) is 8.27. The molecule has 2 aliphatic rings. The van der Waals surface area contributed by atoms with Gasteiger partial charge in [0.25, 0.3) is 0 Å². The number of carbonyl (C=O) groups is 1. The Labute approximate surface area is 151 Å². The van der Waals surface area contributed by atoms with E-state index >= 15 is 0 Å². The van der Waals surface area contributed by atoms with E-state index in [1.807, 2.05) is 37.9 Å². The van der Waals surface area contributed by atoms with Crippen LogP contribution in [0.4, 0.5) is 4.79 Å². The van der Waals surface area contributed by atoms with Crippen molar-refractivity contribution >= 4 is 6.09 Å². The monoisotopic (exact) mass is 345 g/mol. The fraction of sp³-hybridized carbons (Fsp3) is 0.700. The second-order valence-electron chi connectivity index (χ2n) is 8.34. The number of hydrogen-bond donors (Lipinski definition) is 1. The first-order valence-electron chi connectivity index (χ1n) is 9.57. The lowest BCUT2D eigenvalue weighted by Crippen LogP contribution is -2.45. The van der Waals surface area contributed by atoms with Crippen molar-refractivity contribution in [1.82, 2.24) is 15.2 Å². The Kier molecular flexibility index (Phi) is 5.62. The number of likely N-dealkylation sites (tertiary alicyclic amines) is 1. The van der Waals surface area contributed by atoms with Crippen LogP contribution in [0.3, 0.4) is 0 Å². The molecule has 1 aliphatic heterocycles. The maximum Gasteiger partial charge on any atom is 0.410 e. The Bertz CT molecular complexity index is 597. The lowest BCUT2D eigenvalue weighted by Gasteiger charge is -2.35. The lowest BCUT2D eigenvalue weighted by atomic mass is 9.91. The zero-order valence-electron chi connectivity index (χ0n) is 15.8. The molecule has 1 amide bonds. The molecule has 1 aliphatic carbocycles. The van der Waals surface area contributed by atoms with E-state index in [-0.39, 0.29) is 6.09 Å². The molecule has 0 aromatic carbocycles. The number of nitrogens with one attached hydrogen (secondary N) is 1. The van der Waals surface area contributed by atoms with Gasteiger partial charge in [-0.1, -0.05) is 6.07 Å². The molecule has 0 radical (unpaired) electrons. The molecule has 0 saturated carbocycles. The van der Waals surface area contributed by atoms with Gasteiger partial charge in [0.15, 0.2) is 0 Å². The van der Waals surface area contributed by atoms with E-state index in [4.69, 9.17) is 4.74 Å². The molecule has 5 nitrogen and oxygen atoms in total. The van der Waals surface area contributed by atoms with Gasteiger partial charge >= 0.3 is 6.09 Å². The summed E-state index contributed by atoms with van der Waals surface area (Å²) in [6.07, 6.45) is 7.42. The molecule has 3 rings (SSSR count). The summed E-state index contributed by atoms with van der Waals surface area (Å²) < 4.78 is 5.52. The summed E-state index contributed by atoms with van der Waals surface area (Å²) in [5.74, 6) is 0.482. The van der Waals surface area contributed by atoms with Gasteiger partial charge < -0.3 is 15.0 Å². The third kappa shape index (κ3) is 4.94. The predicted molar refractivity (Wildman–Crippen MR) is 98.4 cm³/mol. The van der Waals surface area contributed by atoms with Gasteiger partial charge in [0.2, 0.25) is 0 Å². The van der Waals surface area contributed by atoms with Crippen LogP contribution in [-0.2, 0) is 11.2 Å². The molecule has 138 valence electrons. The number of hydrogen-bond acceptors (Lipinski definition) is 4. The number of piperidine rings is 1. The molecule has 1 fully saturated rings. The summed E-state index contributed by atoms with van der Waals surface area (Å²) >= 11 is 0. The van der Waals surface area contributed by atoms with Crippen molar-refractivity contribution in [2.24, 2.45) is 5.92 Å². The number of carbonyl (C=O) groups excluding carboxylic acids is 1. The van der Waals surface area contributed by atoms with Crippen molar-refractivity contribution in [3.05, 3.63) is 29.6 Å². The van der Waals surface area contributed by atoms with Gasteiger partial charge in [-0.05, 0) is 70.4 Å². The van der Waals surface area contributed by atoms with Crippen LogP contribution in [0, 0.1) is 5.92 Å². The Balaban J connectivity index is 1.53. The molecular weight excluding hydrogens is 314 g/mol. The van der Waals surface area contributed by atoms with Gasteiger partial charge in [-0.3, -0.25) is 4.98 Å². The fourth-order valence-electron chi connectivity index (χ4n) is 3.84. The molecule has 1 aromatic heterocycles. The Hall–Kier alpha value is -1.62. The van der Waals surface area contributed by atoms with Crippen LogP contribution in [-0.4, -0.2) is 41.2 Å². The average Bonchev–Trinajstić information content (AvgIpc) is 2.59. The maximum atomic E-state index is 12.3. The van der Waals surface area contributed by atoms with E-state index in [9.17, 15) is 4.79 Å². The summed E-state index contributed by atoms with van der Waals surface area (Å²) in [7, 11) is 0.